The largest absolute Gasteiger partial charge is 0.467 e. The summed E-state index contributed by atoms with van der Waals surface area (Å²) in [4.78, 5) is 11.0. The highest BCUT2D eigenvalue weighted by molar-refractivity contribution is 7.99. The highest BCUT2D eigenvalue weighted by Crippen LogP contribution is 2.20. The minimum absolute atomic E-state index is 0.158. The smallest absolute Gasteiger partial charge is 0.217 e. The van der Waals surface area contributed by atoms with Crippen LogP contribution in [0.4, 0.5) is 0 Å². The first kappa shape index (κ1) is 18.5. The maximum atomic E-state index is 11.0. The molecule has 2 aromatic rings. The first-order valence-corrected chi connectivity index (χ1v) is 8.83. The lowest BCUT2D eigenvalue weighted by molar-refractivity contribution is -0.118. The maximum Gasteiger partial charge on any atom is 0.217 e. The maximum absolute atomic E-state index is 11.0. The third-order valence-corrected chi connectivity index (χ3v) is 4.06. The monoisotopic (exact) mass is 352 g/mol. The van der Waals surface area contributed by atoms with Crippen molar-refractivity contribution in [1.29, 1.82) is 0 Å². The summed E-state index contributed by atoms with van der Waals surface area (Å²) in [5, 5.41) is 9.21. The van der Waals surface area contributed by atoms with Gasteiger partial charge in [-0.1, -0.05) is 11.8 Å². The van der Waals surface area contributed by atoms with Crippen molar-refractivity contribution < 1.29 is 13.9 Å². The number of furan rings is 1. The van der Waals surface area contributed by atoms with Crippen LogP contribution in [0.3, 0.4) is 0 Å². The fourth-order valence-corrected chi connectivity index (χ4v) is 2.82. The number of aromatic nitrogens is 3. The summed E-state index contributed by atoms with van der Waals surface area (Å²) in [5.74, 6) is 1.95. The molecule has 0 atom stereocenters. The Morgan fingerprint density at radius 2 is 2.21 bits per heavy atom. The van der Waals surface area contributed by atoms with Gasteiger partial charge in [-0.25, -0.2) is 0 Å². The molecule has 7 nitrogen and oxygen atoms in total. The predicted octanol–water partition coefficient (Wildman–Crippen LogP) is 2.24. The highest BCUT2D eigenvalue weighted by atomic mass is 32.2. The Hall–Kier alpha value is -1.80. The van der Waals surface area contributed by atoms with Crippen LogP contribution in [0.25, 0.3) is 0 Å². The zero-order chi connectivity index (χ0) is 17.6. The van der Waals surface area contributed by atoms with Gasteiger partial charge in [0, 0.05) is 18.6 Å². The Morgan fingerprint density at radius 3 is 2.83 bits per heavy atom. The van der Waals surface area contributed by atoms with Gasteiger partial charge >= 0.3 is 0 Å². The molecule has 0 radical (unpaired) electrons. The van der Waals surface area contributed by atoms with Crippen molar-refractivity contribution in [2.24, 2.45) is 5.73 Å². The van der Waals surface area contributed by atoms with Crippen molar-refractivity contribution in [2.45, 2.75) is 50.9 Å². The first-order chi connectivity index (χ1) is 11.3. The fraction of sp³-hybridized carbons (Fsp3) is 0.562. The number of ether oxygens (including phenoxy) is 1. The molecule has 1 amide bonds. The van der Waals surface area contributed by atoms with E-state index in [1.165, 1.54) is 0 Å². The molecular formula is C16H24N4O3S. The summed E-state index contributed by atoms with van der Waals surface area (Å²) in [5.41, 5.74) is 5.08. The van der Waals surface area contributed by atoms with E-state index in [-0.39, 0.29) is 17.9 Å². The van der Waals surface area contributed by atoms with E-state index in [9.17, 15) is 4.79 Å². The topological polar surface area (TPSA) is 96.2 Å². The van der Waals surface area contributed by atoms with Crippen LogP contribution in [0.1, 0.15) is 38.8 Å². The number of hydrogen-bond donors (Lipinski definition) is 1. The van der Waals surface area contributed by atoms with Crippen LogP contribution < -0.4 is 5.73 Å². The van der Waals surface area contributed by atoms with Crippen molar-refractivity contribution in [3.05, 3.63) is 30.0 Å². The van der Waals surface area contributed by atoms with Crippen LogP contribution >= 0.6 is 11.8 Å². The summed E-state index contributed by atoms with van der Waals surface area (Å²) >= 11 is 1.57. The van der Waals surface area contributed by atoms with Gasteiger partial charge < -0.3 is 14.9 Å². The van der Waals surface area contributed by atoms with Crippen molar-refractivity contribution in [2.75, 3.05) is 12.4 Å². The quantitative estimate of drug-likeness (QED) is 0.549. The van der Waals surface area contributed by atoms with Crippen LogP contribution in [0.5, 0.6) is 0 Å². The molecule has 8 heteroatoms. The molecule has 0 aliphatic rings. The zero-order valence-corrected chi connectivity index (χ0v) is 15.1. The second-order valence-electron chi connectivity index (χ2n) is 6.34. The molecule has 0 bridgehead atoms. The van der Waals surface area contributed by atoms with Crippen molar-refractivity contribution >= 4 is 17.7 Å². The summed E-state index contributed by atoms with van der Waals surface area (Å²) in [6.07, 6.45) is 2.34. The fourth-order valence-electron chi connectivity index (χ4n) is 2.04. The van der Waals surface area contributed by atoms with Crippen molar-refractivity contribution in [1.82, 2.24) is 14.8 Å². The van der Waals surface area contributed by atoms with Crippen LogP contribution in [-0.2, 0) is 22.5 Å². The number of carbonyl (C=O) groups is 1. The summed E-state index contributed by atoms with van der Waals surface area (Å²) in [7, 11) is 0. The Bertz CT molecular complexity index is 647. The van der Waals surface area contributed by atoms with Gasteiger partial charge in [-0.05, 0) is 32.9 Å². The Morgan fingerprint density at radius 1 is 1.42 bits per heavy atom. The van der Waals surface area contributed by atoms with E-state index in [0.29, 0.717) is 19.6 Å². The van der Waals surface area contributed by atoms with E-state index >= 15 is 0 Å². The molecule has 0 saturated heterocycles. The SMILES string of the molecule is CC(C)(C)OCCSc1nnc(CCC(N)=O)n1Cc1ccco1. The number of aryl methyl sites for hydroxylation is 1. The molecule has 0 fully saturated rings. The van der Waals surface area contributed by atoms with Gasteiger partial charge in [0.25, 0.3) is 0 Å². The minimum atomic E-state index is -0.352. The third-order valence-electron chi connectivity index (χ3n) is 3.13. The van der Waals surface area contributed by atoms with Gasteiger partial charge in [-0.15, -0.1) is 10.2 Å². The third kappa shape index (κ3) is 6.01. The lowest BCUT2D eigenvalue weighted by atomic mass is 10.2. The summed E-state index contributed by atoms with van der Waals surface area (Å²) < 4.78 is 13.1. The standard InChI is InChI=1S/C16H24N4O3S/c1-16(2,3)23-9-10-24-15-19-18-14(7-6-13(17)21)20(15)11-12-5-4-8-22-12/h4-5,8H,6-7,9-11H2,1-3H3,(H2,17,21). The number of rotatable bonds is 9. The first-order valence-electron chi connectivity index (χ1n) is 7.84. The average molecular weight is 352 g/mol. The number of amides is 1. The molecule has 132 valence electrons. The van der Waals surface area contributed by atoms with E-state index in [1.54, 1.807) is 18.0 Å². The van der Waals surface area contributed by atoms with Gasteiger partial charge in [0.1, 0.15) is 11.6 Å². The van der Waals surface area contributed by atoms with Crippen molar-refractivity contribution in [3.8, 4) is 0 Å². The number of hydrogen-bond acceptors (Lipinski definition) is 6. The predicted molar refractivity (Wildman–Crippen MR) is 91.8 cm³/mol. The van der Waals surface area contributed by atoms with Crippen LogP contribution in [-0.4, -0.2) is 38.6 Å². The highest BCUT2D eigenvalue weighted by Gasteiger charge is 2.16. The van der Waals surface area contributed by atoms with Gasteiger partial charge in [-0.3, -0.25) is 9.36 Å². The van der Waals surface area contributed by atoms with Crippen LogP contribution in [0.15, 0.2) is 28.0 Å². The molecule has 0 unspecified atom stereocenters. The van der Waals surface area contributed by atoms with Crippen LogP contribution in [0.2, 0.25) is 0 Å². The van der Waals surface area contributed by atoms with Gasteiger partial charge in [0.05, 0.1) is 25.0 Å². The van der Waals surface area contributed by atoms with E-state index < -0.39 is 0 Å². The summed E-state index contributed by atoms with van der Waals surface area (Å²) in [6, 6.07) is 3.74. The van der Waals surface area contributed by atoms with Crippen molar-refractivity contribution in [3.63, 3.8) is 0 Å². The second kappa shape index (κ2) is 8.34. The molecule has 0 spiro atoms. The Labute approximate surface area is 145 Å². The molecule has 0 aliphatic carbocycles. The average Bonchev–Trinajstić information content (AvgIpc) is 3.11. The number of carbonyl (C=O) groups excluding carboxylic acids is 1. The normalized spacial score (nSPS) is 11.8. The number of nitrogens with two attached hydrogens (primary N) is 1. The van der Waals surface area contributed by atoms with E-state index in [2.05, 4.69) is 10.2 Å². The molecule has 2 heterocycles. The zero-order valence-electron chi connectivity index (χ0n) is 14.3. The molecule has 0 saturated carbocycles. The molecule has 0 aromatic carbocycles. The molecule has 0 aliphatic heterocycles. The van der Waals surface area contributed by atoms with Gasteiger partial charge in [0.2, 0.25) is 5.91 Å². The second-order valence-corrected chi connectivity index (χ2v) is 7.40. The molecule has 2 N–H and O–H groups in total. The lowest BCUT2D eigenvalue weighted by Gasteiger charge is -2.19. The van der Waals surface area contributed by atoms with E-state index in [0.717, 1.165) is 22.5 Å². The minimum Gasteiger partial charge on any atom is -0.467 e. The Kier molecular flexibility index (Phi) is 6.44. The van der Waals surface area contributed by atoms with E-state index in [4.69, 9.17) is 14.9 Å². The molecular weight excluding hydrogens is 328 g/mol. The Balaban J connectivity index is 2.04. The molecule has 2 rings (SSSR count). The van der Waals surface area contributed by atoms with Gasteiger partial charge in [-0.2, -0.15) is 0 Å². The number of nitrogens with zero attached hydrogens (tertiary/aromatic N) is 3. The number of thioether (sulfide) groups is 1. The van der Waals surface area contributed by atoms with Crippen LogP contribution in [0, 0.1) is 0 Å². The lowest BCUT2D eigenvalue weighted by Crippen LogP contribution is -2.20. The number of primary amides is 1. The molecule has 24 heavy (non-hydrogen) atoms. The van der Waals surface area contributed by atoms with Gasteiger partial charge in [0.15, 0.2) is 5.16 Å². The van der Waals surface area contributed by atoms with E-state index in [1.807, 2.05) is 37.5 Å². The summed E-state index contributed by atoms with van der Waals surface area (Å²) in [6.45, 7) is 7.23. The molecule has 2 aromatic heterocycles.